The van der Waals surface area contributed by atoms with Crippen LogP contribution in [0.4, 0.5) is 5.95 Å². The van der Waals surface area contributed by atoms with E-state index in [9.17, 15) is 0 Å². The number of anilines is 1. The molecule has 0 bridgehead atoms. The fraction of sp³-hybridized carbons (Fsp3) is 0.632. The molecule has 0 fully saturated rings. The molecular weight excluding hydrogens is 344 g/mol. The number of rotatable bonds is 7. The van der Waals surface area contributed by atoms with Gasteiger partial charge < -0.3 is 10.2 Å². The quantitative estimate of drug-likeness (QED) is 0.642. The first-order valence-corrected chi connectivity index (χ1v) is 10.6. The third-order valence-corrected chi connectivity index (χ3v) is 6.68. The predicted octanol–water partition coefficient (Wildman–Crippen LogP) is 3.61. The molecule has 3 heterocycles. The fourth-order valence-electron chi connectivity index (χ4n) is 3.92. The zero-order valence-corrected chi connectivity index (χ0v) is 16.8. The van der Waals surface area contributed by atoms with E-state index in [0.717, 1.165) is 61.4 Å². The maximum atomic E-state index is 4.92. The molecule has 1 aliphatic carbocycles. The van der Waals surface area contributed by atoms with E-state index in [1.54, 1.807) is 6.33 Å². The van der Waals surface area contributed by atoms with Gasteiger partial charge in [0.15, 0.2) is 5.65 Å². The van der Waals surface area contributed by atoms with Crippen molar-refractivity contribution in [2.24, 2.45) is 5.92 Å². The molecule has 0 saturated heterocycles. The molecule has 0 aliphatic heterocycles. The number of nitrogens with zero attached hydrogens (tertiary/aromatic N) is 5. The first kappa shape index (κ1) is 17.7. The normalized spacial score (nSPS) is 17.3. The van der Waals surface area contributed by atoms with E-state index in [4.69, 9.17) is 4.98 Å². The van der Waals surface area contributed by atoms with E-state index in [2.05, 4.69) is 41.1 Å². The Bertz CT molecular complexity index is 894. The summed E-state index contributed by atoms with van der Waals surface area (Å²) < 4.78 is 1.88. The molecule has 3 aromatic heterocycles. The molecule has 6 nitrogen and oxygen atoms in total. The molecule has 3 aromatic rings. The van der Waals surface area contributed by atoms with Gasteiger partial charge >= 0.3 is 0 Å². The van der Waals surface area contributed by atoms with Crippen molar-refractivity contribution in [3.05, 3.63) is 16.8 Å². The van der Waals surface area contributed by atoms with Crippen LogP contribution in [0.2, 0.25) is 0 Å². The molecule has 1 N–H and O–H groups in total. The highest BCUT2D eigenvalue weighted by Gasteiger charge is 2.24. The van der Waals surface area contributed by atoms with E-state index in [-0.39, 0.29) is 0 Å². The molecule has 0 unspecified atom stereocenters. The van der Waals surface area contributed by atoms with Crippen LogP contribution in [0.5, 0.6) is 0 Å². The van der Waals surface area contributed by atoms with Crippen molar-refractivity contribution < 1.29 is 0 Å². The van der Waals surface area contributed by atoms with Crippen LogP contribution < -0.4 is 5.32 Å². The van der Waals surface area contributed by atoms with Crippen LogP contribution in [0, 0.1) is 5.92 Å². The molecule has 4 rings (SSSR count). The summed E-state index contributed by atoms with van der Waals surface area (Å²) >= 11 is 1.85. The average molecular weight is 373 g/mol. The van der Waals surface area contributed by atoms with Gasteiger partial charge in [-0.1, -0.05) is 20.8 Å². The SMILES string of the molecule is CCN(CC)CCCNc1nc2sc3c(c2c2ncnn12)C[C@H](C)CC3. The summed E-state index contributed by atoms with van der Waals surface area (Å²) in [6.07, 6.45) is 6.32. The van der Waals surface area contributed by atoms with Crippen LogP contribution >= 0.6 is 11.3 Å². The highest BCUT2D eigenvalue weighted by molar-refractivity contribution is 7.19. The smallest absolute Gasteiger partial charge is 0.227 e. The van der Waals surface area contributed by atoms with Crippen LogP contribution in [0.15, 0.2) is 6.33 Å². The fourth-order valence-corrected chi connectivity index (χ4v) is 5.13. The van der Waals surface area contributed by atoms with E-state index in [0.29, 0.717) is 0 Å². The van der Waals surface area contributed by atoms with Crippen LogP contribution in [0.3, 0.4) is 0 Å². The molecule has 7 heteroatoms. The van der Waals surface area contributed by atoms with Crippen LogP contribution in [0.1, 0.15) is 44.1 Å². The van der Waals surface area contributed by atoms with Crippen molar-refractivity contribution in [2.75, 3.05) is 31.5 Å². The third-order valence-electron chi connectivity index (χ3n) is 5.50. The number of thiophene rings is 1. The molecular formula is C19H28N6S. The van der Waals surface area contributed by atoms with Crippen LogP contribution in [-0.2, 0) is 12.8 Å². The number of nitrogens with one attached hydrogen (secondary N) is 1. The third kappa shape index (κ3) is 3.18. The highest BCUT2D eigenvalue weighted by Crippen LogP contribution is 2.39. The second-order valence-electron chi connectivity index (χ2n) is 7.27. The Morgan fingerprint density at radius 3 is 3.00 bits per heavy atom. The van der Waals surface area contributed by atoms with E-state index < -0.39 is 0 Å². The predicted molar refractivity (Wildman–Crippen MR) is 108 cm³/mol. The molecule has 0 aromatic carbocycles. The summed E-state index contributed by atoms with van der Waals surface area (Å²) in [4.78, 5) is 14.5. The summed E-state index contributed by atoms with van der Waals surface area (Å²) in [7, 11) is 0. The molecule has 1 atom stereocenters. The van der Waals surface area contributed by atoms with Gasteiger partial charge in [-0.25, -0.2) is 9.97 Å². The van der Waals surface area contributed by atoms with E-state index >= 15 is 0 Å². The molecule has 1 aliphatic rings. The topological polar surface area (TPSA) is 58.3 Å². The van der Waals surface area contributed by atoms with Gasteiger partial charge in [-0.15, -0.1) is 11.3 Å². The minimum atomic E-state index is 0.737. The van der Waals surface area contributed by atoms with Gasteiger partial charge in [-0.3, -0.25) is 0 Å². The number of aromatic nitrogens is 4. The molecule has 0 spiro atoms. The number of hydrogen-bond donors (Lipinski definition) is 1. The zero-order valence-electron chi connectivity index (χ0n) is 16.0. The lowest BCUT2D eigenvalue weighted by Gasteiger charge is -2.18. The van der Waals surface area contributed by atoms with Gasteiger partial charge in [-0.2, -0.15) is 9.61 Å². The molecule has 0 saturated carbocycles. The summed E-state index contributed by atoms with van der Waals surface area (Å²) in [5.74, 6) is 1.55. The summed E-state index contributed by atoms with van der Waals surface area (Å²) in [6, 6.07) is 0. The summed E-state index contributed by atoms with van der Waals surface area (Å²) in [6.45, 7) is 11.0. The number of hydrogen-bond acceptors (Lipinski definition) is 6. The molecule has 0 radical (unpaired) electrons. The van der Waals surface area contributed by atoms with Gasteiger partial charge in [0.05, 0.1) is 5.39 Å². The Hall–Kier alpha value is -1.73. The molecule has 140 valence electrons. The Morgan fingerprint density at radius 2 is 2.19 bits per heavy atom. The Morgan fingerprint density at radius 1 is 1.35 bits per heavy atom. The van der Waals surface area contributed by atoms with Crippen molar-refractivity contribution in [1.29, 1.82) is 0 Å². The van der Waals surface area contributed by atoms with Gasteiger partial charge in [0.1, 0.15) is 11.2 Å². The molecule has 0 amide bonds. The second-order valence-corrected chi connectivity index (χ2v) is 8.35. The van der Waals surface area contributed by atoms with Crippen molar-refractivity contribution in [3.8, 4) is 0 Å². The number of fused-ring (bicyclic) bond motifs is 5. The lowest BCUT2D eigenvalue weighted by Crippen LogP contribution is -2.25. The van der Waals surface area contributed by atoms with E-state index in [1.807, 2.05) is 15.9 Å². The van der Waals surface area contributed by atoms with Gasteiger partial charge in [-0.05, 0) is 56.8 Å². The van der Waals surface area contributed by atoms with E-state index in [1.165, 1.54) is 28.7 Å². The van der Waals surface area contributed by atoms with Gasteiger partial charge in [0.25, 0.3) is 0 Å². The maximum absolute atomic E-state index is 4.92. The van der Waals surface area contributed by atoms with Crippen LogP contribution in [0.25, 0.3) is 15.9 Å². The monoisotopic (exact) mass is 372 g/mol. The highest BCUT2D eigenvalue weighted by atomic mass is 32.1. The standard InChI is InChI=1S/C19H28N6S/c1-4-24(5-2)10-6-9-20-19-23-18-16(17-21-12-22-25(17)19)14-11-13(3)7-8-15(14)26-18/h12-13H,4-11H2,1-3H3,(H,20,23)/t13-/m1/s1. The Balaban J connectivity index is 1.61. The Labute approximate surface area is 158 Å². The minimum Gasteiger partial charge on any atom is -0.354 e. The lowest BCUT2D eigenvalue weighted by atomic mass is 9.89. The van der Waals surface area contributed by atoms with Gasteiger partial charge in [0.2, 0.25) is 5.95 Å². The van der Waals surface area contributed by atoms with Crippen molar-refractivity contribution in [2.45, 2.75) is 46.5 Å². The molecule has 26 heavy (non-hydrogen) atoms. The van der Waals surface area contributed by atoms with Crippen molar-refractivity contribution >= 4 is 33.1 Å². The Kier molecular flexibility index (Phi) is 5.09. The van der Waals surface area contributed by atoms with Crippen molar-refractivity contribution in [1.82, 2.24) is 24.5 Å². The average Bonchev–Trinajstić information content (AvgIpc) is 3.25. The first-order chi connectivity index (χ1) is 12.7. The maximum Gasteiger partial charge on any atom is 0.227 e. The summed E-state index contributed by atoms with van der Waals surface area (Å²) in [5, 5.41) is 9.15. The largest absolute Gasteiger partial charge is 0.354 e. The first-order valence-electron chi connectivity index (χ1n) is 9.81. The van der Waals surface area contributed by atoms with Crippen molar-refractivity contribution in [3.63, 3.8) is 0 Å². The number of aryl methyl sites for hydroxylation is 1. The zero-order chi connectivity index (χ0) is 18.1. The van der Waals surface area contributed by atoms with Crippen LogP contribution in [-0.4, -0.2) is 50.7 Å². The second kappa shape index (κ2) is 7.48. The van der Waals surface area contributed by atoms with Gasteiger partial charge in [0, 0.05) is 11.4 Å². The minimum absolute atomic E-state index is 0.737. The lowest BCUT2D eigenvalue weighted by molar-refractivity contribution is 0.303. The summed E-state index contributed by atoms with van der Waals surface area (Å²) in [5.41, 5.74) is 2.41.